The quantitative estimate of drug-likeness (QED) is 0.244. The first-order valence-corrected chi connectivity index (χ1v) is 10.9. The molecule has 0 amide bonds. The molecular weight excluding hydrogens is 299 g/mol. The number of alkyl halides is 2. The molecule has 19 heavy (non-hydrogen) atoms. The smallest absolute Gasteiger partial charge is 0.338 e. The van der Waals surface area contributed by atoms with Gasteiger partial charge in [0.05, 0.1) is 0 Å². The van der Waals surface area contributed by atoms with Gasteiger partial charge in [-0.2, -0.15) is 0 Å². The summed E-state index contributed by atoms with van der Waals surface area (Å²) in [7, 11) is -1.98. The molecule has 0 aliphatic carbocycles. The molecule has 0 rings (SSSR count). The topological polar surface area (TPSA) is 18.5 Å². The lowest BCUT2D eigenvalue weighted by Gasteiger charge is -2.30. The molecule has 2 nitrogen and oxygen atoms in total. The van der Waals surface area contributed by atoms with E-state index < -0.39 is 8.56 Å². The molecule has 5 heteroatoms. The third-order valence-electron chi connectivity index (χ3n) is 3.20. The number of hydrogen-bond acceptors (Lipinski definition) is 2. The van der Waals surface area contributed by atoms with Crippen molar-refractivity contribution in [3.63, 3.8) is 0 Å². The molecular formula is C14H30Cl2O2Si. The molecule has 0 aromatic heterocycles. The van der Waals surface area contributed by atoms with Gasteiger partial charge in [-0.25, -0.2) is 0 Å². The normalized spacial score (nSPS) is 12.0. The van der Waals surface area contributed by atoms with Gasteiger partial charge in [0, 0.05) is 25.0 Å². The first kappa shape index (κ1) is 19.7. The zero-order valence-electron chi connectivity index (χ0n) is 12.6. The van der Waals surface area contributed by atoms with Crippen molar-refractivity contribution in [2.45, 2.75) is 64.5 Å². The zero-order valence-corrected chi connectivity index (χ0v) is 15.1. The average Bonchev–Trinajstić information content (AvgIpc) is 2.41. The highest BCUT2D eigenvalue weighted by Crippen LogP contribution is 2.25. The predicted molar refractivity (Wildman–Crippen MR) is 87.8 cm³/mol. The monoisotopic (exact) mass is 328 g/mol. The minimum atomic E-state index is -1.98. The van der Waals surface area contributed by atoms with Crippen molar-refractivity contribution in [1.29, 1.82) is 0 Å². The molecule has 0 radical (unpaired) electrons. The van der Waals surface area contributed by atoms with Crippen LogP contribution in [0.15, 0.2) is 0 Å². The Balaban J connectivity index is 4.22. The van der Waals surface area contributed by atoms with Crippen molar-refractivity contribution in [1.82, 2.24) is 0 Å². The van der Waals surface area contributed by atoms with Gasteiger partial charge in [0.15, 0.2) is 0 Å². The molecule has 0 aliphatic rings. The van der Waals surface area contributed by atoms with Crippen LogP contribution in [0.5, 0.6) is 0 Å². The minimum Gasteiger partial charge on any atom is -0.394 e. The Morgan fingerprint density at radius 3 is 1.42 bits per heavy atom. The lowest BCUT2D eigenvalue weighted by molar-refractivity contribution is 0.180. The second-order valence-electron chi connectivity index (χ2n) is 4.78. The van der Waals surface area contributed by atoms with Gasteiger partial charge in [0.1, 0.15) is 0 Å². The summed E-state index contributed by atoms with van der Waals surface area (Å²) in [4.78, 5) is 0. The molecule has 0 aromatic rings. The van der Waals surface area contributed by atoms with Crippen LogP contribution in [0.4, 0.5) is 0 Å². The second kappa shape index (κ2) is 13.7. The van der Waals surface area contributed by atoms with Crippen LogP contribution in [-0.4, -0.2) is 33.5 Å². The minimum absolute atomic E-state index is 0.757. The van der Waals surface area contributed by atoms with E-state index in [0.717, 1.165) is 49.9 Å². The van der Waals surface area contributed by atoms with E-state index in [2.05, 4.69) is 13.8 Å². The van der Waals surface area contributed by atoms with Gasteiger partial charge in [-0.15, -0.1) is 23.2 Å². The Morgan fingerprint density at radius 2 is 1.11 bits per heavy atom. The molecule has 0 unspecified atom stereocenters. The van der Waals surface area contributed by atoms with Gasteiger partial charge in [0.2, 0.25) is 0 Å². The molecule has 0 saturated carbocycles. The lowest BCUT2D eigenvalue weighted by Crippen LogP contribution is -2.42. The Labute approximate surface area is 130 Å². The number of rotatable bonds is 14. The van der Waals surface area contributed by atoms with Crippen LogP contribution in [-0.2, 0) is 8.85 Å². The molecule has 0 atom stereocenters. The maximum atomic E-state index is 6.08. The second-order valence-corrected chi connectivity index (χ2v) is 8.93. The van der Waals surface area contributed by atoms with E-state index in [-0.39, 0.29) is 0 Å². The molecule has 0 aromatic carbocycles. The standard InChI is InChI=1S/C14H30Cl2O2Si/c1-3-17-19(18-4-2,13-9-5-7-11-15)14-10-6-8-12-16/h3-14H2,1-2H3. The highest BCUT2D eigenvalue weighted by molar-refractivity contribution is 6.67. The fourth-order valence-corrected chi connectivity index (χ4v) is 6.23. The van der Waals surface area contributed by atoms with Gasteiger partial charge < -0.3 is 8.85 Å². The SMILES string of the molecule is CCO[Si](CCCCCCl)(CCCCCCl)OCC. The molecule has 0 saturated heterocycles. The van der Waals surface area contributed by atoms with Crippen LogP contribution in [0.25, 0.3) is 0 Å². The van der Waals surface area contributed by atoms with Crippen LogP contribution in [0.2, 0.25) is 12.1 Å². The Morgan fingerprint density at radius 1 is 0.684 bits per heavy atom. The molecule has 0 N–H and O–H groups in total. The molecule has 0 aliphatic heterocycles. The van der Waals surface area contributed by atoms with E-state index in [1.165, 1.54) is 25.7 Å². The van der Waals surface area contributed by atoms with Crippen molar-refractivity contribution in [3.8, 4) is 0 Å². The van der Waals surface area contributed by atoms with Crippen molar-refractivity contribution in [3.05, 3.63) is 0 Å². The van der Waals surface area contributed by atoms with Crippen LogP contribution < -0.4 is 0 Å². The van der Waals surface area contributed by atoms with Gasteiger partial charge >= 0.3 is 8.56 Å². The van der Waals surface area contributed by atoms with Crippen LogP contribution >= 0.6 is 23.2 Å². The Hall–Kier alpha value is 0.717. The molecule has 0 fully saturated rings. The van der Waals surface area contributed by atoms with Gasteiger partial charge in [-0.05, 0) is 38.8 Å². The fourth-order valence-electron chi connectivity index (χ4n) is 2.31. The largest absolute Gasteiger partial charge is 0.394 e. The molecule has 0 bridgehead atoms. The first-order chi connectivity index (χ1) is 9.24. The summed E-state index contributed by atoms with van der Waals surface area (Å²) >= 11 is 11.5. The summed E-state index contributed by atoms with van der Waals surface area (Å²) in [6.07, 6.45) is 6.90. The van der Waals surface area contributed by atoms with Gasteiger partial charge in [0.25, 0.3) is 0 Å². The average molecular weight is 329 g/mol. The zero-order chi connectivity index (χ0) is 14.4. The van der Waals surface area contributed by atoms with Gasteiger partial charge in [-0.1, -0.05) is 25.7 Å². The summed E-state index contributed by atoms with van der Waals surface area (Å²) < 4.78 is 12.2. The lowest BCUT2D eigenvalue weighted by atomic mass is 10.3. The Kier molecular flexibility index (Phi) is 14.2. The molecule has 116 valence electrons. The highest BCUT2D eigenvalue weighted by atomic mass is 35.5. The van der Waals surface area contributed by atoms with E-state index >= 15 is 0 Å². The van der Waals surface area contributed by atoms with E-state index in [4.69, 9.17) is 32.1 Å². The molecule has 0 heterocycles. The summed E-state index contributed by atoms with van der Waals surface area (Å²) in [5.74, 6) is 1.51. The predicted octanol–water partition coefficient (Wildman–Crippen LogP) is 5.32. The summed E-state index contributed by atoms with van der Waals surface area (Å²) in [5, 5.41) is 0. The van der Waals surface area contributed by atoms with E-state index in [0.29, 0.717) is 0 Å². The Bertz CT molecular complexity index is 174. The third kappa shape index (κ3) is 10.1. The summed E-state index contributed by atoms with van der Waals surface area (Å²) in [6, 6.07) is 2.21. The maximum Gasteiger partial charge on any atom is 0.338 e. The van der Waals surface area contributed by atoms with Gasteiger partial charge in [-0.3, -0.25) is 0 Å². The third-order valence-corrected chi connectivity index (χ3v) is 7.59. The van der Waals surface area contributed by atoms with E-state index in [1.807, 2.05) is 0 Å². The summed E-state index contributed by atoms with van der Waals surface area (Å²) in [5.41, 5.74) is 0. The fraction of sp³-hybridized carbons (Fsp3) is 1.00. The van der Waals surface area contributed by atoms with Crippen LogP contribution in [0.3, 0.4) is 0 Å². The number of hydrogen-bond donors (Lipinski definition) is 0. The summed E-state index contributed by atoms with van der Waals surface area (Å²) in [6.45, 7) is 5.66. The van der Waals surface area contributed by atoms with Crippen molar-refractivity contribution < 1.29 is 8.85 Å². The maximum absolute atomic E-state index is 6.08. The number of halogens is 2. The number of unbranched alkanes of at least 4 members (excludes halogenated alkanes) is 4. The van der Waals surface area contributed by atoms with Crippen molar-refractivity contribution in [2.75, 3.05) is 25.0 Å². The van der Waals surface area contributed by atoms with Crippen molar-refractivity contribution in [2.24, 2.45) is 0 Å². The highest BCUT2D eigenvalue weighted by Gasteiger charge is 2.35. The first-order valence-electron chi connectivity index (χ1n) is 7.64. The van der Waals surface area contributed by atoms with Crippen molar-refractivity contribution >= 4 is 31.8 Å². The van der Waals surface area contributed by atoms with E-state index in [1.54, 1.807) is 0 Å². The van der Waals surface area contributed by atoms with E-state index in [9.17, 15) is 0 Å². The van der Waals surface area contributed by atoms with Crippen LogP contribution in [0.1, 0.15) is 52.4 Å². The van der Waals surface area contributed by atoms with Crippen LogP contribution in [0, 0.1) is 0 Å². The molecule has 0 spiro atoms.